The fourth-order valence-corrected chi connectivity index (χ4v) is 1.78. The molecule has 4 heteroatoms. The van der Waals surface area contributed by atoms with Crippen molar-refractivity contribution >= 4 is 0 Å². The third-order valence-electron chi connectivity index (χ3n) is 2.91. The van der Waals surface area contributed by atoms with E-state index in [1.54, 1.807) is 6.07 Å². The maximum atomic E-state index is 13.5. The van der Waals surface area contributed by atoms with Crippen molar-refractivity contribution in [1.82, 2.24) is 10.2 Å². The molecular weight excluding hydrogens is 231 g/mol. The molecule has 3 nitrogen and oxygen atoms in total. The normalized spacial score (nSPS) is 12.8. The minimum atomic E-state index is -0.308. The van der Waals surface area contributed by atoms with Gasteiger partial charge in [-0.1, -0.05) is 6.07 Å². The number of halogens is 1. The summed E-state index contributed by atoms with van der Waals surface area (Å²) in [5, 5.41) is 3.38. The second kappa shape index (κ2) is 7.34. The third-order valence-corrected chi connectivity index (χ3v) is 2.91. The van der Waals surface area contributed by atoms with E-state index in [0.29, 0.717) is 5.75 Å². The summed E-state index contributed by atoms with van der Waals surface area (Å²) in [6.07, 6.45) is 1.08. The molecule has 0 heterocycles. The first-order chi connectivity index (χ1) is 8.54. The van der Waals surface area contributed by atoms with E-state index in [1.807, 2.05) is 13.0 Å². The van der Waals surface area contributed by atoms with Crippen molar-refractivity contribution in [2.75, 3.05) is 34.3 Å². The molecule has 0 bridgehead atoms. The monoisotopic (exact) mass is 254 g/mol. The van der Waals surface area contributed by atoms with Crippen LogP contribution in [-0.2, 0) is 0 Å². The van der Waals surface area contributed by atoms with Crippen molar-refractivity contribution in [2.24, 2.45) is 0 Å². The predicted molar refractivity (Wildman–Crippen MR) is 72.5 cm³/mol. The van der Waals surface area contributed by atoms with Crippen molar-refractivity contribution in [3.8, 4) is 5.75 Å². The summed E-state index contributed by atoms with van der Waals surface area (Å²) in [6, 6.07) is 5.24. The van der Waals surface area contributed by atoms with Crippen LogP contribution >= 0.6 is 0 Å². The molecule has 0 aliphatic carbocycles. The lowest BCUT2D eigenvalue weighted by atomic mass is 10.1. The summed E-state index contributed by atoms with van der Waals surface area (Å²) in [4.78, 5) is 2.15. The number of hydrogen-bond acceptors (Lipinski definition) is 3. The first-order valence-electron chi connectivity index (χ1n) is 6.26. The van der Waals surface area contributed by atoms with Crippen LogP contribution in [0.25, 0.3) is 0 Å². The average molecular weight is 254 g/mol. The van der Waals surface area contributed by atoms with Gasteiger partial charge in [-0.2, -0.15) is 0 Å². The topological polar surface area (TPSA) is 24.5 Å². The Hall–Kier alpha value is -1.13. The van der Waals surface area contributed by atoms with Gasteiger partial charge in [-0.3, -0.25) is 0 Å². The summed E-state index contributed by atoms with van der Waals surface area (Å²) in [7, 11) is 5.59. The molecule has 1 aromatic rings. The number of ether oxygens (including phenoxy) is 1. The van der Waals surface area contributed by atoms with Gasteiger partial charge in [-0.15, -0.1) is 0 Å². The molecule has 0 fully saturated rings. The Bertz CT molecular complexity index is 369. The molecule has 0 saturated heterocycles. The number of nitrogens with zero attached hydrogens (tertiary/aromatic N) is 1. The first-order valence-corrected chi connectivity index (χ1v) is 6.26. The van der Waals surface area contributed by atoms with Crippen LogP contribution in [0, 0.1) is 5.82 Å². The van der Waals surface area contributed by atoms with Crippen LogP contribution in [0.4, 0.5) is 4.39 Å². The van der Waals surface area contributed by atoms with Gasteiger partial charge in [0.25, 0.3) is 0 Å². The van der Waals surface area contributed by atoms with Crippen molar-refractivity contribution in [2.45, 2.75) is 19.4 Å². The molecule has 1 N–H and O–H groups in total. The van der Waals surface area contributed by atoms with Crippen LogP contribution < -0.4 is 10.1 Å². The summed E-state index contributed by atoms with van der Waals surface area (Å²) >= 11 is 0. The van der Waals surface area contributed by atoms with Gasteiger partial charge in [0.2, 0.25) is 0 Å². The van der Waals surface area contributed by atoms with E-state index >= 15 is 0 Å². The maximum Gasteiger partial charge on any atom is 0.165 e. The summed E-state index contributed by atoms with van der Waals surface area (Å²) in [5.74, 6) is -0.0181. The summed E-state index contributed by atoms with van der Waals surface area (Å²) in [5.41, 5.74) is 0.943. The highest BCUT2D eigenvalue weighted by Crippen LogP contribution is 2.21. The zero-order valence-corrected chi connectivity index (χ0v) is 11.7. The Morgan fingerprint density at radius 3 is 2.67 bits per heavy atom. The average Bonchev–Trinajstić information content (AvgIpc) is 2.34. The molecular formula is C14H23FN2O. The van der Waals surface area contributed by atoms with Gasteiger partial charge < -0.3 is 15.0 Å². The molecule has 0 aromatic heterocycles. The van der Waals surface area contributed by atoms with Gasteiger partial charge in [0.15, 0.2) is 11.6 Å². The van der Waals surface area contributed by atoms with E-state index in [1.165, 1.54) is 13.2 Å². The van der Waals surface area contributed by atoms with Crippen molar-refractivity contribution < 1.29 is 9.13 Å². The van der Waals surface area contributed by atoms with Crippen LogP contribution in [-0.4, -0.2) is 39.2 Å². The molecule has 1 aromatic carbocycles. The van der Waals surface area contributed by atoms with E-state index in [-0.39, 0.29) is 11.9 Å². The van der Waals surface area contributed by atoms with E-state index in [4.69, 9.17) is 4.74 Å². The zero-order chi connectivity index (χ0) is 13.5. The Kier molecular flexibility index (Phi) is 6.09. The molecule has 18 heavy (non-hydrogen) atoms. The minimum absolute atomic E-state index is 0.146. The molecule has 0 radical (unpaired) electrons. The first kappa shape index (κ1) is 14.9. The van der Waals surface area contributed by atoms with E-state index in [0.717, 1.165) is 25.1 Å². The second-order valence-electron chi connectivity index (χ2n) is 4.73. The molecule has 0 spiro atoms. The van der Waals surface area contributed by atoms with Crippen molar-refractivity contribution in [3.05, 3.63) is 29.6 Å². The molecule has 0 amide bonds. The van der Waals surface area contributed by atoms with Gasteiger partial charge in [0, 0.05) is 6.04 Å². The van der Waals surface area contributed by atoms with Crippen LogP contribution in [0.1, 0.15) is 24.9 Å². The largest absolute Gasteiger partial charge is 0.494 e. The van der Waals surface area contributed by atoms with Crippen molar-refractivity contribution in [3.63, 3.8) is 0 Å². The fourth-order valence-electron chi connectivity index (χ4n) is 1.78. The smallest absolute Gasteiger partial charge is 0.165 e. The zero-order valence-electron chi connectivity index (χ0n) is 11.7. The summed E-state index contributed by atoms with van der Waals surface area (Å²) in [6.45, 7) is 4.01. The van der Waals surface area contributed by atoms with Crippen LogP contribution in [0.15, 0.2) is 18.2 Å². The van der Waals surface area contributed by atoms with Gasteiger partial charge >= 0.3 is 0 Å². The SMILES string of the molecule is COc1ccc(C(C)NCCCN(C)C)cc1F. The van der Waals surface area contributed by atoms with E-state index < -0.39 is 0 Å². The lowest BCUT2D eigenvalue weighted by Gasteiger charge is -2.16. The van der Waals surface area contributed by atoms with Crippen LogP contribution in [0.5, 0.6) is 5.75 Å². The van der Waals surface area contributed by atoms with E-state index in [2.05, 4.69) is 24.3 Å². The second-order valence-corrected chi connectivity index (χ2v) is 4.73. The molecule has 0 aliphatic rings. The Balaban J connectivity index is 2.46. The number of nitrogens with one attached hydrogen (secondary N) is 1. The van der Waals surface area contributed by atoms with Crippen LogP contribution in [0.3, 0.4) is 0 Å². The number of rotatable bonds is 7. The Morgan fingerprint density at radius 2 is 2.11 bits per heavy atom. The minimum Gasteiger partial charge on any atom is -0.494 e. The predicted octanol–water partition coefficient (Wildman–Crippen LogP) is 2.44. The molecule has 1 atom stereocenters. The Labute approximate surface area is 109 Å². The summed E-state index contributed by atoms with van der Waals surface area (Å²) < 4.78 is 18.4. The lowest BCUT2D eigenvalue weighted by molar-refractivity contribution is 0.383. The van der Waals surface area contributed by atoms with Gasteiger partial charge in [-0.05, 0) is 58.2 Å². The molecule has 0 aliphatic heterocycles. The standard InChI is InChI=1S/C14H23FN2O/c1-11(16-8-5-9-17(2)3)12-6-7-14(18-4)13(15)10-12/h6-7,10-11,16H,5,8-9H2,1-4H3. The maximum absolute atomic E-state index is 13.5. The quantitative estimate of drug-likeness (QED) is 0.756. The third kappa shape index (κ3) is 4.63. The van der Waals surface area contributed by atoms with Crippen LogP contribution in [0.2, 0.25) is 0 Å². The highest BCUT2D eigenvalue weighted by atomic mass is 19.1. The number of methoxy groups -OCH3 is 1. The lowest BCUT2D eigenvalue weighted by Crippen LogP contribution is -2.23. The number of hydrogen-bond donors (Lipinski definition) is 1. The van der Waals surface area contributed by atoms with Gasteiger partial charge in [0.1, 0.15) is 0 Å². The van der Waals surface area contributed by atoms with Crippen molar-refractivity contribution in [1.29, 1.82) is 0 Å². The fraction of sp³-hybridized carbons (Fsp3) is 0.571. The number of benzene rings is 1. The Morgan fingerprint density at radius 1 is 1.39 bits per heavy atom. The van der Waals surface area contributed by atoms with Gasteiger partial charge in [-0.25, -0.2) is 4.39 Å². The highest BCUT2D eigenvalue weighted by Gasteiger charge is 2.08. The highest BCUT2D eigenvalue weighted by molar-refractivity contribution is 5.30. The molecule has 102 valence electrons. The van der Waals surface area contributed by atoms with Gasteiger partial charge in [0.05, 0.1) is 7.11 Å². The molecule has 1 unspecified atom stereocenters. The molecule has 1 rings (SSSR count). The van der Waals surface area contributed by atoms with E-state index in [9.17, 15) is 4.39 Å². The molecule has 0 saturated carbocycles.